The van der Waals surface area contributed by atoms with Gasteiger partial charge in [-0.1, -0.05) is 18.2 Å². The minimum atomic E-state index is -0.771. The molecule has 1 saturated heterocycles. The molecule has 1 atom stereocenters. The highest BCUT2D eigenvalue weighted by Crippen LogP contribution is 2.19. The van der Waals surface area contributed by atoms with E-state index >= 15 is 0 Å². The zero-order chi connectivity index (χ0) is 18.5. The molecule has 0 bridgehead atoms. The topological polar surface area (TPSA) is 67.9 Å². The first-order valence-corrected chi connectivity index (χ1v) is 8.13. The number of benzene rings is 2. The average Bonchev–Trinajstić information content (AvgIpc) is 2.65. The minimum Gasteiger partial charge on any atom is -0.497 e. The number of nitrogens with zero attached hydrogens (tertiary/aromatic N) is 1. The summed E-state index contributed by atoms with van der Waals surface area (Å²) in [5, 5.41) is 2.78. The standard InChI is InChI=1S/C19H19FN2O4/c1-25-16-4-2-3-15(9-16)21-19(24)17-11-26-12-18(23)22(17)10-13-5-7-14(20)8-6-13/h2-9,17H,10-12H2,1H3,(H,21,24). The third kappa shape index (κ3) is 4.18. The van der Waals surface area contributed by atoms with Crippen molar-refractivity contribution in [1.82, 2.24) is 4.90 Å². The summed E-state index contributed by atoms with van der Waals surface area (Å²) in [4.78, 5) is 26.4. The van der Waals surface area contributed by atoms with E-state index in [0.717, 1.165) is 5.56 Å². The highest BCUT2D eigenvalue weighted by atomic mass is 19.1. The molecule has 136 valence electrons. The number of morpholine rings is 1. The van der Waals surface area contributed by atoms with Gasteiger partial charge in [-0.3, -0.25) is 9.59 Å². The monoisotopic (exact) mass is 358 g/mol. The van der Waals surface area contributed by atoms with Gasteiger partial charge in [-0.2, -0.15) is 0 Å². The van der Waals surface area contributed by atoms with E-state index in [0.29, 0.717) is 11.4 Å². The number of amides is 2. The lowest BCUT2D eigenvalue weighted by molar-refractivity contribution is -0.154. The zero-order valence-corrected chi connectivity index (χ0v) is 14.3. The summed E-state index contributed by atoms with van der Waals surface area (Å²) in [6, 6.07) is 12.0. The Hall–Kier alpha value is -2.93. The van der Waals surface area contributed by atoms with Crippen molar-refractivity contribution in [3.8, 4) is 5.75 Å². The van der Waals surface area contributed by atoms with Crippen molar-refractivity contribution >= 4 is 17.5 Å². The number of hydrogen-bond acceptors (Lipinski definition) is 4. The Morgan fingerprint density at radius 1 is 1.31 bits per heavy atom. The lowest BCUT2D eigenvalue weighted by Crippen LogP contribution is -2.54. The molecule has 0 aromatic heterocycles. The number of halogens is 1. The second-order valence-electron chi connectivity index (χ2n) is 5.90. The van der Waals surface area contributed by atoms with E-state index in [1.165, 1.54) is 17.0 Å². The maximum absolute atomic E-state index is 13.1. The highest BCUT2D eigenvalue weighted by Gasteiger charge is 2.34. The van der Waals surface area contributed by atoms with Crippen molar-refractivity contribution in [2.24, 2.45) is 0 Å². The Morgan fingerprint density at radius 3 is 2.81 bits per heavy atom. The Bertz CT molecular complexity index is 794. The molecule has 0 aliphatic carbocycles. The van der Waals surface area contributed by atoms with E-state index in [-0.39, 0.29) is 37.4 Å². The Kier molecular flexibility index (Phi) is 5.48. The molecule has 2 amide bonds. The number of anilines is 1. The van der Waals surface area contributed by atoms with Crippen molar-refractivity contribution in [1.29, 1.82) is 0 Å². The number of carbonyl (C=O) groups is 2. The van der Waals surface area contributed by atoms with Gasteiger partial charge >= 0.3 is 0 Å². The maximum atomic E-state index is 13.1. The number of carbonyl (C=O) groups excluding carboxylic acids is 2. The van der Waals surface area contributed by atoms with E-state index in [2.05, 4.69) is 5.32 Å². The summed E-state index contributed by atoms with van der Waals surface area (Å²) in [6.45, 7) is 0.228. The first-order chi connectivity index (χ1) is 12.6. The fourth-order valence-corrected chi connectivity index (χ4v) is 2.73. The maximum Gasteiger partial charge on any atom is 0.249 e. The lowest BCUT2D eigenvalue weighted by atomic mass is 10.1. The molecule has 1 fully saturated rings. The van der Waals surface area contributed by atoms with Crippen molar-refractivity contribution in [3.63, 3.8) is 0 Å². The van der Waals surface area contributed by atoms with Gasteiger partial charge in [0, 0.05) is 18.3 Å². The van der Waals surface area contributed by atoms with Gasteiger partial charge in [-0.15, -0.1) is 0 Å². The van der Waals surface area contributed by atoms with Crippen LogP contribution in [0.3, 0.4) is 0 Å². The summed E-state index contributed by atoms with van der Waals surface area (Å²) < 4.78 is 23.5. The Labute approximate surface area is 150 Å². The van der Waals surface area contributed by atoms with Crippen LogP contribution in [0.25, 0.3) is 0 Å². The fraction of sp³-hybridized carbons (Fsp3) is 0.263. The van der Waals surface area contributed by atoms with E-state index in [4.69, 9.17) is 9.47 Å². The Balaban J connectivity index is 1.75. The summed E-state index contributed by atoms with van der Waals surface area (Å²) in [5.74, 6) is -0.379. The van der Waals surface area contributed by atoms with Crippen LogP contribution in [0.1, 0.15) is 5.56 Å². The van der Waals surface area contributed by atoms with Crippen LogP contribution in [-0.2, 0) is 20.9 Å². The predicted molar refractivity (Wildman–Crippen MR) is 93.2 cm³/mol. The molecule has 2 aromatic rings. The summed E-state index contributed by atoms with van der Waals surface area (Å²) in [5.41, 5.74) is 1.30. The molecule has 1 N–H and O–H groups in total. The molecule has 26 heavy (non-hydrogen) atoms. The van der Waals surface area contributed by atoms with Crippen LogP contribution >= 0.6 is 0 Å². The molecular weight excluding hydrogens is 339 g/mol. The van der Waals surface area contributed by atoms with E-state index in [9.17, 15) is 14.0 Å². The van der Waals surface area contributed by atoms with Crippen LogP contribution in [0.5, 0.6) is 5.75 Å². The number of rotatable bonds is 5. The van der Waals surface area contributed by atoms with Gasteiger partial charge in [0.15, 0.2) is 0 Å². The molecule has 3 rings (SSSR count). The first kappa shape index (κ1) is 17.9. The van der Waals surface area contributed by atoms with Gasteiger partial charge in [0.25, 0.3) is 0 Å². The average molecular weight is 358 g/mol. The fourth-order valence-electron chi connectivity index (χ4n) is 2.73. The van der Waals surface area contributed by atoms with Gasteiger partial charge in [0.05, 0.1) is 13.7 Å². The van der Waals surface area contributed by atoms with Crippen molar-refractivity contribution in [2.75, 3.05) is 25.6 Å². The molecule has 0 saturated carbocycles. The second kappa shape index (κ2) is 7.97. The van der Waals surface area contributed by atoms with Crippen LogP contribution in [0.4, 0.5) is 10.1 Å². The van der Waals surface area contributed by atoms with Gasteiger partial charge in [-0.25, -0.2) is 4.39 Å². The largest absolute Gasteiger partial charge is 0.497 e. The summed E-state index contributed by atoms with van der Waals surface area (Å²) >= 11 is 0. The molecule has 6 nitrogen and oxygen atoms in total. The number of ether oxygens (including phenoxy) is 2. The third-order valence-electron chi connectivity index (χ3n) is 4.10. The summed E-state index contributed by atoms with van der Waals surface area (Å²) in [6.07, 6.45) is 0. The zero-order valence-electron chi connectivity index (χ0n) is 14.3. The molecule has 1 heterocycles. The van der Waals surface area contributed by atoms with Gasteiger partial charge in [0.2, 0.25) is 11.8 Å². The van der Waals surface area contributed by atoms with Crippen LogP contribution in [-0.4, -0.2) is 43.1 Å². The smallest absolute Gasteiger partial charge is 0.249 e. The van der Waals surface area contributed by atoms with Crippen molar-refractivity contribution in [3.05, 3.63) is 59.9 Å². The molecule has 0 radical (unpaired) electrons. The molecule has 7 heteroatoms. The number of methoxy groups -OCH3 is 1. The third-order valence-corrected chi connectivity index (χ3v) is 4.10. The summed E-state index contributed by atoms with van der Waals surface area (Å²) in [7, 11) is 1.54. The van der Waals surface area contributed by atoms with Gasteiger partial charge < -0.3 is 19.7 Å². The minimum absolute atomic E-state index is 0.0792. The van der Waals surface area contributed by atoms with Crippen LogP contribution in [0.15, 0.2) is 48.5 Å². The number of hydrogen-bond donors (Lipinski definition) is 1. The quantitative estimate of drug-likeness (QED) is 0.890. The lowest BCUT2D eigenvalue weighted by Gasteiger charge is -2.34. The predicted octanol–water partition coefficient (Wildman–Crippen LogP) is 2.20. The molecule has 2 aromatic carbocycles. The second-order valence-corrected chi connectivity index (χ2v) is 5.90. The molecule has 1 aliphatic rings. The molecule has 1 unspecified atom stereocenters. The highest BCUT2D eigenvalue weighted by molar-refractivity contribution is 5.98. The molecular formula is C19H19FN2O4. The van der Waals surface area contributed by atoms with Gasteiger partial charge in [0.1, 0.15) is 24.2 Å². The van der Waals surface area contributed by atoms with E-state index in [1.54, 1.807) is 43.5 Å². The SMILES string of the molecule is COc1cccc(NC(=O)C2COCC(=O)N2Cc2ccc(F)cc2)c1. The Morgan fingerprint density at radius 2 is 2.08 bits per heavy atom. The van der Waals surface area contributed by atoms with Crippen LogP contribution < -0.4 is 10.1 Å². The molecule has 0 spiro atoms. The van der Waals surface area contributed by atoms with E-state index in [1.807, 2.05) is 0 Å². The first-order valence-electron chi connectivity index (χ1n) is 8.13. The van der Waals surface area contributed by atoms with Crippen molar-refractivity contribution in [2.45, 2.75) is 12.6 Å². The number of nitrogens with one attached hydrogen (secondary N) is 1. The van der Waals surface area contributed by atoms with Crippen LogP contribution in [0, 0.1) is 5.82 Å². The normalized spacial score (nSPS) is 17.1. The molecule has 1 aliphatic heterocycles. The van der Waals surface area contributed by atoms with E-state index < -0.39 is 6.04 Å². The van der Waals surface area contributed by atoms with Gasteiger partial charge in [-0.05, 0) is 29.8 Å². The van der Waals surface area contributed by atoms with Crippen molar-refractivity contribution < 1.29 is 23.5 Å². The van der Waals surface area contributed by atoms with Crippen LogP contribution in [0.2, 0.25) is 0 Å².